The predicted molar refractivity (Wildman–Crippen MR) is 75.5 cm³/mol. The van der Waals surface area contributed by atoms with Crippen LogP contribution in [-0.4, -0.2) is 65.4 Å². The number of hydrogen-bond acceptors (Lipinski definition) is 4. The minimum absolute atomic E-state index is 0.00529. The molecular weight excluding hydrogens is 272 g/mol. The topological polar surface area (TPSA) is 81.8 Å². The normalized spacial score (nSPS) is 29.1. The summed E-state index contributed by atoms with van der Waals surface area (Å²) in [6.45, 7) is 4.11. The highest BCUT2D eigenvalue weighted by molar-refractivity contribution is 6.07. The van der Waals surface area contributed by atoms with Crippen LogP contribution in [0.1, 0.15) is 32.6 Å². The molecule has 0 radical (unpaired) electrons. The Morgan fingerprint density at radius 2 is 1.90 bits per heavy atom. The minimum Gasteiger partial charge on any atom is -0.353 e. The molecule has 1 saturated carbocycles. The first-order valence-corrected chi connectivity index (χ1v) is 7.69. The molecule has 21 heavy (non-hydrogen) atoms. The number of urea groups is 1. The van der Waals surface area contributed by atoms with Gasteiger partial charge in [-0.3, -0.25) is 19.4 Å². The van der Waals surface area contributed by atoms with E-state index in [1.54, 1.807) is 0 Å². The lowest BCUT2D eigenvalue weighted by Gasteiger charge is -2.33. The first kappa shape index (κ1) is 14.3. The zero-order valence-corrected chi connectivity index (χ0v) is 12.4. The standard InChI is InChI=1S/C14H22N4O3/c1-10-11(19)15-6-7-17(10)8-9-18-12(20)14(16-13(18)21)4-2-3-5-14/h10H,2-9H2,1H3,(H,15,19)(H,16,21). The smallest absolute Gasteiger partial charge is 0.325 e. The summed E-state index contributed by atoms with van der Waals surface area (Å²) in [6, 6.07) is -0.490. The summed E-state index contributed by atoms with van der Waals surface area (Å²) in [7, 11) is 0. The van der Waals surface area contributed by atoms with E-state index in [0.29, 0.717) is 19.6 Å². The summed E-state index contributed by atoms with van der Waals surface area (Å²) in [5.41, 5.74) is -0.637. The van der Waals surface area contributed by atoms with Crippen molar-refractivity contribution in [2.24, 2.45) is 0 Å². The fraction of sp³-hybridized carbons (Fsp3) is 0.786. The van der Waals surface area contributed by atoms with E-state index in [4.69, 9.17) is 0 Å². The number of amides is 4. The van der Waals surface area contributed by atoms with E-state index in [2.05, 4.69) is 10.6 Å². The van der Waals surface area contributed by atoms with Gasteiger partial charge in [0.15, 0.2) is 0 Å². The molecule has 2 N–H and O–H groups in total. The van der Waals surface area contributed by atoms with Crippen LogP contribution in [-0.2, 0) is 9.59 Å². The molecule has 0 aromatic carbocycles. The van der Waals surface area contributed by atoms with Gasteiger partial charge in [-0.05, 0) is 19.8 Å². The molecular formula is C14H22N4O3. The van der Waals surface area contributed by atoms with Crippen LogP contribution in [0.5, 0.6) is 0 Å². The highest BCUT2D eigenvalue weighted by Crippen LogP contribution is 2.34. The van der Waals surface area contributed by atoms with Crippen molar-refractivity contribution in [3.05, 3.63) is 0 Å². The van der Waals surface area contributed by atoms with Gasteiger partial charge < -0.3 is 10.6 Å². The summed E-state index contributed by atoms with van der Waals surface area (Å²) >= 11 is 0. The zero-order valence-electron chi connectivity index (χ0n) is 12.4. The molecule has 3 fully saturated rings. The van der Waals surface area contributed by atoms with Crippen molar-refractivity contribution in [3.8, 4) is 0 Å². The second kappa shape index (κ2) is 5.29. The Morgan fingerprint density at radius 1 is 1.19 bits per heavy atom. The Morgan fingerprint density at radius 3 is 2.62 bits per heavy atom. The first-order chi connectivity index (χ1) is 10.0. The number of hydrogen-bond donors (Lipinski definition) is 2. The van der Waals surface area contributed by atoms with E-state index in [9.17, 15) is 14.4 Å². The molecule has 2 saturated heterocycles. The maximum atomic E-state index is 12.5. The second-order valence-corrected chi connectivity index (χ2v) is 6.18. The van der Waals surface area contributed by atoms with Gasteiger partial charge in [0.25, 0.3) is 5.91 Å². The van der Waals surface area contributed by atoms with Crippen LogP contribution < -0.4 is 10.6 Å². The summed E-state index contributed by atoms with van der Waals surface area (Å²) in [4.78, 5) is 39.5. The van der Waals surface area contributed by atoms with Crippen molar-refractivity contribution in [2.75, 3.05) is 26.2 Å². The van der Waals surface area contributed by atoms with Crippen LogP contribution in [0.2, 0.25) is 0 Å². The number of rotatable bonds is 3. The van der Waals surface area contributed by atoms with Crippen molar-refractivity contribution in [3.63, 3.8) is 0 Å². The largest absolute Gasteiger partial charge is 0.353 e. The van der Waals surface area contributed by atoms with E-state index < -0.39 is 5.54 Å². The number of nitrogens with one attached hydrogen (secondary N) is 2. The van der Waals surface area contributed by atoms with Gasteiger partial charge >= 0.3 is 6.03 Å². The van der Waals surface area contributed by atoms with Gasteiger partial charge in [-0.25, -0.2) is 4.79 Å². The molecule has 1 atom stereocenters. The highest BCUT2D eigenvalue weighted by atomic mass is 16.2. The predicted octanol–water partition coefficient (Wildman–Crippen LogP) is -0.329. The lowest BCUT2D eigenvalue weighted by atomic mass is 9.98. The quantitative estimate of drug-likeness (QED) is 0.699. The molecule has 1 aliphatic carbocycles. The van der Waals surface area contributed by atoms with Crippen LogP contribution in [0.15, 0.2) is 0 Å². The van der Waals surface area contributed by atoms with E-state index in [0.717, 1.165) is 32.2 Å². The van der Waals surface area contributed by atoms with E-state index in [1.807, 2.05) is 11.8 Å². The molecule has 3 rings (SSSR count). The third kappa shape index (κ3) is 2.39. The van der Waals surface area contributed by atoms with Gasteiger partial charge in [-0.15, -0.1) is 0 Å². The molecule has 2 aliphatic heterocycles. The van der Waals surface area contributed by atoms with Gasteiger partial charge in [-0.1, -0.05) is 12.8 Å². The lowest BCUT2D eigenvalue weighted by molar-refractivity contribution is -0.131. The van der Waals surface area contributed by atoms with Crippen LogP contribution in [0, 0.1) is 0 Å². The third-order valence-electron chi connectivity index (χ3n) is 4.94. The Bertz CT molecular complexity index is 473. The van der Waals surface area contributed by atoms with Crippen LogP contribution >= 0.6 is 0 Å². The molecule has 0 aromatic heterocycles. The van der Waals surface area contributed by atoms with Crippen LogP contribution in [0.25, 0.3) is 0 Å². The molecule has 7 nitrogen and oxygen atoms in total. The van der Waals surface area contributed by atoms with Crippen molar-refractivity contribution in [1.29, 1.82) is 0 Å². The average Bonchev–Trinajstić information content (AvgIpc) is 3.00. The molecule has 0 aromatic rings. The van der Waals surface area contributed by atoms with Crippen molar-refractivity contribution in [1.82, 2.24) is 20.4 Å². The molecule has 0 bridgehead atoms. The molecule has 116 valence electrons. The maximum Gasteiger partial charge on any atom is 0.325 e. The van der Waals surface area contributed by atoms with Crippen molar-refractivity contribution in [2.45, 2.75) is 44.2 Å². The van der Waals surface area contributed by atoms with E-state index in [-0.39, 0.29) is 23.9 Å². The second-order valence-electron chi connectivity index (χ2n) is 6.18. The van der Waals surface area contributed by atoms with Crippen LogP contribution in [0.4, 0.5) is 4.79 Å². The van der Waals surface area contributed by atoms with Gasteiger partial charge in [-0.2, -0.15) is 0 Å². The number of carbonyl (C=O) groups excluding carboxylic acids is 3. The number of piperazine rings is 1. The summed E-state index contributed by atoms with van der Waals surface area (Å²) in [6.07, 6.45) is 3.47. The van der Waals surface area contributed by atoms with E-state index >= 15 is 0 Å². The summed E-state index contributed by atoms with van der Waals surface area (Å²) in [5.74, 6) is -0.0789. The Labute approximate surface area is 124 Å². The van der Waals surface area contributed by atoms with Gasteiger partial charge in [0, 0.05) is 26.2 Å². The summed E-state index contributed by atoms with van der Waals surface area (Å²) < 4.78 is 0. The fourth-order valence-electron chi connectivity index (χ4n) is 3.56. The number of nitrogens with zero attached hydrogens (tertiary/aromatic N) is 2. The van der Waals surface area contributed by atoms with Crippen molar-refractivity contribution < 1.29 is 14.4 Å². The maximum absolute atomic E-state index is 12.5. The first-order valence-electron chi connectivity index (χ1n) is 7.69. The van der Waals surface area contributed by atoms with Crippen molar-refractivity contribution >= 4 is 17.8 Å². The Balaban J connectivity index is 1.61. The SMILES string of the molecule is CC1C(=O)NCCN1CCN1C(=O)NC2(CCCC2)C1=O. The zero-order chi connectivity index (χ0) is 15.0. The average molecular weight is 294 g/mol. The minimum atomic E-state index is -0.637. The lowest BCUT2D eigenvalue weighted by Crippen LogP contribution is -2.55. The number of carbonyl (C=O) groups is 3. The highest BCUT2D eigenvalue weighted by Gasteiger charge is 2.52. The Kier molecular flexibility index (Phi) is 3.61. The number of imide groups is 1. The Hall–Kier alpha value is -1.63. The van der Waals surface area contributed by atoms with E-state index in [1.165, 1.54) is 4.90 Å². The van der Waals surface area contributed by atoms with Gasteiger partial charge in [0.2, 0.25) is 5.91 Å². The molecule has 2 heterocycles. The fourth-order valence-corrected chi connectivity index (χ4v) is 3.56. The third-order valence-corrected chi connectivity index (χ3v) is 4.94. The summed E-state index contributed by atoms with van der Waals surface area (Å²) in [5, 5.41) is 5.68. The molecule has 1 unspecified atom stereocenters. The van der Waals surface area contributed by atoms with Gasteiger partial charge in [0.05, 0.1) is 6.04 Å². The molecule has 7 heteroatoms. The van der Waals surface area contributed by atoms with Crippen LogP contribution in [0.3, 0.4) is 0 Å². The monoisotopic (exact) mass is 294 g/mol. The molecule has 3 aliphatic rings. The molecule has 1 spiro atoms. The van der Waals surface area contributed by atoms with Gasteiger partial charge in [0.1, 0.15) is 5.54 Å². The molecule has 4 amide bonds.